The molecule has 0 radical (unpaired) electrons. The van der Waals surface area contributed by atoms with E-state index in [0.29, 0.717) is 0 Å². The Morgan fingerprint density at radius 1 is 0.408 bits per heavy atom. The Labute approximate surface area is 287 Å². The van der Waals surface area contributed by atoms with Gasteiger partial charge in [-0.1, -0.05) is 127 Å². The van der Waals surface area contributed by atoms with Crippen LogP contribution in [0.2, 0.25) is 0 Å². The van der Waals surface area contributed by atoms with Crippen LogP contribution in [0.15, 0.2) is 180 Å². The standard InChI is InChI=1S/C46H29NOS/c1-2-13-34-30(11-1)12-9-17-35(34)31-23-26-33(27-24-31)47(42-20-10-18-39-38-16-5-8-22-45(38)49-46(39)42)41-19-6-3-14-36(41)32-25-28-44-40(29-32)37-15-4-7-21-43(37)48-44/h1-29H. The lowest BCUT2D eigenvalue weighted by atomic mass is 9.97. The van der Waals surface area contributed by atoms with Gasteiger partial charge in [0, 0.05) is 37.5 Å². The smallest absolute Gasteiger partial charge is 0.135 e. The number of furan rings is 1. The average molecular weight is 644 g/mol. The molecule has 2 aromatic heterocycles. The fourth-order valence-corrected chi connectivity index (χ4v) is 8.60. The molecule has 3 heteroatoms. The highest BCUT2D eigenvalue weighted by Gasteiger charge is 2.21. The lowest BCUT2D eigenvalue weighted by Crippen LogP contribution is -2.11. The van der Waals surface area contributed by atoms with Crippen LogP contribution < -0.4 is 4.90 Å². The Morgan fingerprint density at radius 3 is 1.96 bits per heavy atom. The zero-order valence-corrected chi connectivity index (χ0v) is 27.3. The van der Waals surface area contributed by atoms with E-state index in [1.54, 1.807) is 0 Å². The average Bonchev–Trinajstić information content (AvgIpc) is 3.74. The van der Waals surface area contributed by atoms with Gasteiger partial charge in [-0.15, -0.1) is 11.3 Å². The fraction of sp³-hybridized carbons (Fsp3) is 0. The molecule has 0 saturated heterocycles. The maximum absolute atomic E-state index is 6.20. The molecule has 0 bridgehead atoms. The van der Waals surface area contributed by atoms with Crippen molar-refractivity contribution in [2.45, 2.75) is 0 Å². The molecule has 10 rings (SSSR count). The van der Waals surface area contributed by atoms with Gasteiger partial charge in [0.2, 0.25) is 0 Å². The van der Waals surface area contributed by atoms with Gasteiger partial charge in [0.25, 0.3) is 0 Å². The predicted octanol–water partition coefficient (Wildman–Crippen LogP) is 13.9. The molecule has 0 atom stereocenters. The Kier molecular flexibility index (Phi) is 6.39. The molecule has 2 heterocycles. The quantitative estimate of drug-likeness (QED) is 0.186. The highest BCUT2D eigenvalue weighted by atomic mass is 32.1. The summed E-state index contributed by atoms with van der Waals surface area (Å²) in [5, 5.41) is 7.34. The van der Waals surface area contributed by atoms with E-state index in [1.165, 1.54) is 47.8 Å². The third-order valence-electron chi connectivity index (χ3n) is 9.68. The van der Waals surface area contributed by atoms with E-state index < -0.39 is 0 Å². The normalized spacial score (nSPS) is 11.7. The molecule has 0 unspecified atom stereocenters. The lowest BCUT2D eigenvalue weighted by molar-refractivity contribution is 0.669. The first-order valence-corrected chi connectivity index (χ1v) is 17.4. The summed E-state index contributed by atoms with van der Waals surface area (Å²) in [6, 6.07) is 63.3. The van der Waals surface area contributed by atoms with Gasteiger partial charge in [0.1, 0.15) is 11.2 Å². The second-order valence-electron chi connectivity index (χ2n) is 12.5. The largest absolute Gasteiger partial charge is 0.456 e. The molecule has 0 aliphatic heterocycles. The van der Waals surface area contributed by atoms with Gasteiger partial charge in [-0.3, -0.25) is 0 Å². The first kappa shape index (κ1) is 27.9. The van der Waals surface area contributed by atoms with Crippen molar-refractivity contribution < 1.29 is 4.42 Å². The van der Waals surface area contributed by atoms with Crippen molar-refractivity contribution >= 4 is 81.3 Å². The van der Waals surface area contributed by atoms with Crippen LogP contribution >= 0.6 is 11.3 Å². The third-order valence-corrected chi connectivity index (χ3v) is 10.9. The molecule has 2 nitrogen and oxygen atoms in total. The number of benzene rings is 8. The third kappa shape index (κ3) is 4.55. The first-order valence-electron chi connectivity index (χ1n) is 16.6. The zero-order valence-electron chi connectivity index (χ0n) is 26.5. The molecule has 0 fully saturated rings. The Morgan fingerprint density at radius 2 is 1.04 bits per heavy atom. The molecule has 0 aliphatic rings. The molecular weight excluding hydrogens is 615 g/mol. The second-order valence-corrected chi connectivity index (χ2v) is 13.5. The molecule has 230 valence electrons. The molecule has 8 aromatic carbocycles. The molecule has 0 N–H and O–H groups in total. The van der Waals surface area contributed by atoms with Gasteiger partial charge in [0.15, 0.2) is 0 Å². The van der Waals surface area contributed by atoms with Gasteiger partial charge < -0.3 is 9.32 Å². The number of anilines is 3. The van der Waals surface area contributed by atoms with Crippen LogP contribution in [0, 0.1) is 0 Å². The van der Waals surface area contributed by atoms with Crippen molar-refractivity contribution in [3.8, 4) is 22.3 Å². The van der Waals surface area contributed by atoms with Crippen molar-refractivity contribution in [2.24, 2.45) is 0 Å². The van der Waals surface area contributed by atoms with Gasteiger partial charge >= 0.3 is 0 Å². The summed E-state index contributed by atoms with van der Waals surface area (Å²) in [6.07, 6.45) is 0. The van der Waals surface area contributed by atoms with Crippen LogP contribution in [0.1, 0.15) is 0 Å². The maximum atomic E-state index is 6.20. The van der Waals surface area contributed by atoms with Crippen molar-refractivity contribution in [3.05, 3.63) is 176 Å². The van der Waals surface area contributed by atoms with E-state index in [-0.39, 0.29) is 0 Å². The van der Waals surface area contributed by atoms with Crippen LogP contribution in [-0.4, -0.2) is 0 Å². The summed E-state index contributed by atoms with van der Waals surface area (Å²) < 4.78 is 8.77. The van der Waals surface area contributed by atoms with E-state index in [0.717, 1.165) is 44.4 Å². The molecule has 0 amide bonds. The highest BCUT2D eigenvalue weighted by Crippen LogP contribution is 2.48. The van der Waals surface area contributed by atoms with E-state index in [1.807, 2.05) is 23.5 Å². The minimum absolute atomic E-state index is 0.901. The molecule has 10 aromatic rings. The Bertz CT molecular complexity index is 2840. The summed E-state index contributed by atoms with van der Waals surface area (Å²) >= 11 is 1.86. The number of para-hydroxylation sites is 2. The van der Waals surface area contributed by atoms with E-state index in [2.05, 4.69) is 169 Å². The monoisotopic (exact) mass is 643 g/mol. The molecule has 49 heavy (non-hydrogen) atoms. The van der Waals surface area contributed by atoms with Crippen molar-refractivity contribution in [3.63, 3.8) is 0 Å². The van der Waals surface area contributed by atoms with Gasteiger partial charge in [-0.25, -0.2) is 0 Å². The van der Waals surface area contributed by atoms with Gasteiger partial charge in [-0.2, -0.15) is 0 Å². The van der Waals surface area contributed by atoms with Crippen molar-refractivity contribution in [1.82, 2.24) is 0 Å². The lowest BCUT2D eigenvalue weighted by Gasteiger charge is -2.28. The van der Waals surface area contributed by atoms with E-state index >= 15 is 0 Å². The molecule has 0 aliphatic carbocycles. The molecular formula is C46H29NOS. The predicted molar refractivity (Wildman–Crippen MR) is 210 cm³/mol. The SMILES string of the molecule is c1ccc(N(c2ccc(-c3cccc4ccccc34)cc2)c2cccc3c2sc2ccccc23)c(-c2ccc3oc4ccccc4c3c2)c1. The highest BCUT2D eigenvalue weighted by molar-refractivity contribution is 7.26. The minimum Gasteiger partial charge on any atom is -0.456 e. The second kappa shape index (κ2) is 11.2. The summed E-state index contributed by atoms with van der Waals surface area (Å²) in [4.78, 5) is 2.44. The summed E-state index contributed by atoms with van der Waals surface area (Å²) in [5.41, 5.74) is 9.95. The number of rotatable bonds is 5. The summed E-state index contributed by atoms with van der Waals surface area (Å²) in [5.74, 6) is 0. The molecule has 0 spiro atoms. The number of hydrogen-bond acceptors (Lipinski definition) is 3. The minimum atomic E-state index is 0.901. The van der Waals surface area contributed by atoms with Gasteiger partial charge in [-0.05, 0) is 76.0 Å². The van der Waals surface area contributed by atoms with Gasteiger partial charge in [0.05, 0.1) is 16.1 Å². The van der Waals surface area contributed by atoms with Crippen LogP contribution in [-0.2, 0) is 0 Å². The molecule has 0 saturated carbocycles. The summed E-state index contributed by atoms with van der Waals surface area (Å²) in [6.45, 7) is 0. The number of fused-ring (bicyclic) bond motifs is 7. The number of hydrogen-bond donors (Lipinski definition) is 0. The number of thiophene rings is 1. The van der Waals surface area contributed by atoms with Crippen LogP contribution in [0.3, 0.4) is 0 Å². The van der Waals surface area contributed by atoms with E-state index in [4.69, 9.17) is 4.42 Å². The van der Waals surface area contributed by atoms with Crippen LogP contribution in [0.25, 0.3) is 75.1 Å². The summed E-state index contributed by atoms with van der Waals surface area (Å²) in [7, 11) is 0. The van der Waals surface area contributed by atoms with Crippen LogP contribution in [0.5, 0.6) is 0 Å². The Hall–Kier alpha value is -6.16. The first-order chi connectivity index (χ1) is 24.3. The maximum Gasteiger partial charge on any atom is 0.135 e. The van der Waals surface area contributed by atoms with E-state index in [9.17, 15) is 0 Å². The number of nitrogens with zero attached hydrogens (tertiary/aromatic N) is 1. The fourth-order valence-electron chi connectivity index (χ4n) is 7.39. The van der Waals surface area contributed by atoms with Crippen LogP contribution in [0.4, 0.5) is 17.1 Å². The topological polar surface area (TPSA) is 16.4 Å². The van der Waals surface area contributed by atoms with Crippen molar-refractivity contribution in [2.75, 3.05) is 4.90 Å². The zero-order chi connectivity index (χ0) is 32.3. The van der Waals surface area contributed by atoms with Crippen molar-refractivity contribution in [1.29, 1.82) is 0 Å². The Balaban J connectivity index is 1.19.